The zero-order valence-electron chi connectivity index (χ0n) is 10.1. The number of hydrogen-bond acceptors (Lipinski definition) is 3. The van der Waals surface area contributed by atoms with Gasteiger partial charge in [0.2, 0.25) is 0 Å². The number of aliphatic hydroxyl groups is 1. The number of benzene rings is 1. The van der Waals surface area contributed by atoms with Gasteiger partial charge in [0.05, 0.1) is 4.08 Å². The van der Waals surface area contributed by atoms with E-state index < -0.39 is 5.60 Å². The van der Waals surface area contributed by atoms with Gasteiger partial charge in [0.15, 0.2) is 0 Å². The number of hydrogen-bond donors (Lipinski definition) is 1. The molecule has 1 saturated heterocycles. The minimum atomic E-state index is -0.813. The number of thioether (sulfide) groups is 2. The normalized spacial score (nSPS) is 23.1. The quantitative estimate of drug-likeness (QED) is 0.874. The lowest BCUT2D eigenvalue weighted by atomic mass is 9.92. The van der Waals surface area contributed by atoms with Crippen LogP contribution in [0.25, 0.3) is 0 Å². The molecule has 1 unspecified atom stereocenters. The third kappa shape index (κ3) is 2.70. The minimum absolute atomic E-state index is 0.161. The van der Waals surface area contributed by atoms with Crippen molar-refractivity contribution in [3.8, 4) is 0 Å². The van der Waals surface area contributed by atoms with Crippen molar-refractivity contribution < 1.29 is 5.11 Å². The Morgan fingerprint density at radius 1 is 1.35 bits per heavy atom. The first-order chi connectivity index (χ1) is 7.96. The van der Waals surface area contributed by atoms with Gasteiger partial charge in [0, 0.05) is 4.47 Å². The Morgan fingerprint density at radius 2 is 2.00 bits per heavy atom. The predicted octanol–water partition coefficient (Wildman–Crippen LogP) is 4.24. The maximum Gasteiger partial charge on any atom is 0.110 e. The highest BCUT2D eigenvalue weighted by Gasteiger charge is 2.46. The second-order valence-corrected chi connectivity index (χ2v) is 8.78. The van der Waals surface area contributed by atoms with Crippen LogP contribution < -0.4 is 0 Å². The van der Waals surface area contributed by atoms with Crippen molar-refractivity contribution >= 4 is 39.5 Å². The van der Waals surface area contributed by atoms with Crippen molar-refractivity contribution in [2.45, 2.75) is 29.9 Å². The Balaban J connectivity index is 2.34. The molecule has 2 rings (SSSR count). The summed E-state index contributed by atoms with van der Waals surface area (Å²) in [6, 6.07) is 7.99. The molecule has 0 aliphatic carbocycles. The van der Waals surface area contributed by atoms with Crippen LogP contribution in [0.5, 0.6) is 0 Å². The lowest BCUT2D eigenvalue weighted by Crippen LogP contribution is -2.44. The first-order valence-corrected chi connectivity index (χ1v) is 8.48. The monoisotopic (exact) mass is 332 g/mol. The van der Waals surface area contributed by atoms with E-state index in [0.717, 1.165) is 21.5 Å². The zero-order chi connectivity index (χ0) is 12.5. The van der Waals surface area contributed by atoms with Crippen LogP contribution in [0.2, 0.25) is 0 Å². The van der Waals surface area contributed by atoms with Crippen LogP contribution in [0.15, 0.2) is 28.7 Å². The molecule has 1 fully saturated rings. The van der Waals surface area contributed by atoms with Crippen LogP contribution in [0, 0.1) is 0 Å². The number of rotatable bonds is 2. The van der Waals surface area contributed by atoms with Gasteiger partial charge < -0.3 is 5.11 Å². The molecule has 1 N–H and O–H groups in total. The average molecular weight is 333 g/mol. The van der Waals surface area contributed by atoms with Gasteiger partial charge in [-0.25, -0.2) is 0 Å². The Labute approximate surface area is 120 Å². The fraction of sp³-hybridized carbons (Fsp3) is 0.538. The van der Waals surface area contributed by atoms with Crippen molar-refractivity contribution in [2.24, 2.45) is 0 Å². The fourth-order valence-electron chi connectivity index (χ4n) is 1.97. The van der Waals surface area contributed by atoms with Crippen LogP contribution in [-0.4, -0.2) is 20.7 Å². The first-order valence-electron chi connectivity index (χ1n) is 5.72. The van der Waals surface area contributed by atoms with Crippen molar-refractivity contribution in [1.82, 2.24) is 0 Å². The van der Waals surface area contributed by atoms with E-state index in [-0.39, 0.29) is 4.08 Å². The molecule has 1 aliphatic rings. The second kappa shape index (κ2) is 5.16. The Bertz CT molecular complexity index is 400. The molecular weight excluding hydrogens is 316 g/mol. The highest BCUT2D eigenvalue weighted by atomic mass is 79.9. The molecule has 1 nitrogen and oxygen atoms in total. The van der Waals surface area contributed by atoms with Crippen LogP contribution >= 0.6 is 39.5 Å². The van der Waals surface area contributed by atoms with Crippen molar-refractivity contribution in [1.29, 1.82) is 0 Å². The topological polar surface area (TPSA) is 20.2 Å². The van der Waals surface area contributed by atoms with Gasteiger partial charge in [-0.05, 0) is 49.5 Å². The van der Waals surface area contributed by atoms with Gasteiger partial charge in [0.25, 0.3) is 0 Å². The molecule has 1 aliphatic heterocycles. The Kier molecular flexibility index (Phi) is 4.18. The van der Waals surface area contributed by atoms with Crippen LogP contribution in [0.1, 0.15) is 25.8 Å². The van der Waals surface area contributed by atoms with E-state index in [1.807, 2.05) is 54.7 Å². The summed E-state index contributed by atoms with van der Waals surface area (Å²) in [4.78, 5) is 0. The first kappa shape index (κ1) is 13.8. The maximum absolute atomic E-state index is 10.9. The molecule has 0 radical (unpaired) electrons. The lowest BCUT2D eigenvalue weighted by Gasteiger charge is -2.44. The third-order valence-electron chi connectivity index (χ3n) is 3.31. The predicted molar refractivity (Wildman–Crippen MR) is 81.7 cm³/mol. The van der Waals surface area contributed by atoms with E-state index in [1.54, 1.807) is 0 Å². The van der Waals surface area contributed by atoms with Crippen molar-refractivity contribution in [3.63, 3.8) is 0 Å². The average Bonchev–Trinajstić information content (AvgIpc) is 2.30. The summed E-state index contributed by atoms with van der Waals surface area (Å²) in [5.41, 5.74) is 0.170. The molecule has 0 saturated carbocycles. The molecule has 1 aromatic rings. The summed E-state index contributed by atoms with van der Waals surface area (Å²) < 4.78 is 0.858. The standard InChI is InChI=1S/C13H17BrOS2/c1-12(15,10-5-3-6-11(14)9-10)13(2)16-7-4-8-17-13/h3,5-6,9,15H,4,7-8H2,1-2H3. The highest BCUT2D eigenvalue weighted by molar-refractivity contribution is 9.10. The lowest BCUT2D eigenvalue weighted by molar-refractivity contribution is 0.0487. The SMILES string of the molecule is CC1(C(C)(O)c2cccc(Br)c2)SCCCS1. The molecule has 1 atom stereocenters. The summed E-state index contributed by atoms with van der Waals surface area (Å²) >= 11 is 7.21. The number of halogens is 1. The molecule has 1 heterocycles. The zero-order valence-corrected chi connectivity index (χ0v) is 13.3. The third-order valence-corrected chi connectivity index (χ3v) is 7.40. The largest absolute Gasteiger partial charge is 0.383 e. The van der Waals surface area contributed by atoms with Crippen LogP contribution in [-0.2, 0) is 5.60 Å². The van der Waals surface area contributed by atoms with Crippen molar-refractivity contribution in [2.75, 3.05) is 11.5 Å². The van der Waals surface area contributed by atoms with Gasteiger partial charge in [-0.2, -0.15) is 0 Å². The molecule has 94 valence electrons. The summed E-state index contributed by atoms with van der Waals surface area (Å²) in [7, 11) is 0. The summed E-state index contributed by atoms with van der Waals surface area (Å²) in [5.74, 6) is 2.27. The molecule has 0 bridgehead atoms. The van der Waals surface area contributed by atoms with E-state index in [0.29, 0.717) is 0 Å². The summed E-state index contributed by atoms with van der Waals surface area (Å²) in [5, 5.41) is 10.9. The fourth-order valence-corrected chi connectivity index (χ4v) is 5.54. The highest BCUT2D eigenvalue weighted by Crippen LogP contribution is 2.53. The van der Waals surface area contributed by atoms with E-state index >= 15 is 0 Å². The molecule has 0 spiro atoms. The summed E-state index contributed by atoms with van der Waals surface area (Å²) in [6.45, 7) is 4.09. The van der Waals surface area contributed by atoms with E-state index in [2.05, 4.69) is 22.9 Å². The minimum Gasteiger partial charge on any atom is -0.383 e. The van der Waals surface area contributed by atoms with Gasteiger partial charge in [-0.3, -0.25) is 0 Å². The molecule has 1 aromatic carbocycles. The molecule has 4 heteroatoms. The van der Waals surface area contributed by atoms with E-state index in [4.69, 9.17) is 0 Å². The molecule has 0 amide bonds. The second-order valence-electron chi connectivity index (χ2n) is 4.58. The Hall–Kier alpha value is 0.360. The molecule has 0 aromatic heterocycles. The van der Waals surface area contributed by atoms with Gasteiger partial charge in [-0.15, -0.1) is 23.5 Å². The maximum atomic E-state index is 10.9. The van der Waals surface area contributed by atoms with Gasteiger partial charge in [0.1, 0.15) is 5.60 Å². The van der Waals surface area contributed by atoms with E-state index in [9.17, 15) is 5.11 Å². The van der Waals surface area contributed by atoms with Gasteiger partial charge >= 0.3 is 0 Å². The summed E-state index contributed by atoms with van der Waals surface area (Å²) in [6.07, 6.45) is 1.24. The van der Waals surface area contributed by atoms with E-state index in [1.165, 1.54) is 6.42 Å². The molecular formula is C13H17BrOS2. The van der Waals surface area contributed by atoms with Crippen molar-refractivity contribution in [3.05, 3.63) is 34.3 Å². The van der Waals surface area contributed by atoms with Crippen LogP contribution in [0.4, 0.5) is 0 Å². The Morgan fingerprint density at radius 3 is 2.59 bits per heavy atom. The smallest absolute Gasteiger partial charge is 0.110 e. The van der Waals surface area contributed by atoms with Gasteiger partial charge in [-0.1, -0.05) is 28.1 Å². The van der Waals surface area contributed by atoms with Crippen LogP contribution in [0.3, 0.4) is 0 Å². The molecule has 17 heavy (non-hydrogen) atoms.